The van der Waals surface area contributed by atoms with Crippen molar-refractivity contribution in [2.24, 2.45) is 5.92 Å². The second-order valence-corrected chi connectivity index (χ2v) is 16.2. The van der Waals surface area contributed by atoms with Gasteiger partial charge in [-0.05, 0) is 22.8 Å². The fourth-order valence-electron chi connectivity index (χ4n) is 5.54. The molecule has 2 aliphatic rings. The quantitative estimate of drug-likeness (QED) is 0.206. The van der Waals surface area contributed by atoms with Crippen molar-refractivity contribution in [1.82, 2.24) is 0 Å². The number of halogens is 2. The summed E-state index contributed by atoms with van der Waals surface area (Å²) in [7, 11) is 0. The maximum absolute atomic E-state index is 3.53. The number of rotatable bonds is 3. The monoisotopic (exact) mass is 764 g/mol. The Hall–Kier alpha value is -2.61. The van der Waals surface area contributed by atoms with E-state index in [1.54, 1.807) is 11.3 Å². The predicted octanol–water partition coefficient (Wildman–Crippen LogP) is 5.60. The molecule has 48 heavy (non-hydrogen) atoms. The van der Waals surface area contributed by atoms with Gasteiger partial charge in [-0.15, -0.1) is 17.2 Å². The second kappa shape index (κ2) is 17.4. The number of fused-ring (bicyclic) bond motifs is 3. The summed E-state index contributed by atoms with van der Waals surface area (Å²) in [5.74, 6) is 0.491. The minimum absolute atomic E-state index is 0. The molecule has 7 rings (SSSR count). The SMILES string of the molecule is CC(C)(C)c1c[c-]c2c(c1)-c1cc(C(C)(C)C)ccc1C2.CC1[C-]=C(c2ccsc2)C=C1.[Cl-].[Cl-].[Zr+2]=[C](c1ccccc1)c1ccccc1. The molecule has 0 nitrogen and oxygen atoms in total. The Kier molecular flexibility index (Phi) is 14.4. The molecule has 0 spiro atoms. The van der Waals surface area contributed by atoms with Gasteiger partial charge in [0.05, 0.1) is 0 Å². The van der Waals surface area contributed by atoms with E-state index in [0.29, 0.717) is 5.92 Å². The van der Waals surface area contributed by atoms with Crippen LogP contribution in [0.1, 0.15) is 87.4 Å². The van der Waals surface area contributed by atoms with Crippen LogP contribution < -0.4 is 24.8 Å². The van der Waals surface area contributed by atoms with E-state index in [-0.39, 0.29) is 35.6 Å². The molecule has 0 saturated heterocycles. The van der Waals surface area contributed by atoms with Crippen molar-refractivity contribution in [3.05, 3.63) is 171 Å². The molecule has 4 heteroatoms. The normalized spacial score (nSPS) is 14.1. The van der Waals surface area contributed by atoms with Crippen LogP contribution in [-0.4, -0.2) is 3.21 Å². The van der Waals surface area contributed by atoms with Gasteiger partial charge < -0.3 is 24.8 Å². The van der Waals surface area contributed by atoms with Gasteiger partial charge >= 0.3 is 99.2 Å². The Morgan fingerprint density at radius 1 is 0.750 bits per heavy atom. The van der Waals surface area contributed by atoms with Crippen LogP contribution in [0.15, 0.2) is 120 Å². The van der Waals surface area contributed by atoms with E-state index in [0.717, 1.165) is 6.42 Å². The van der Waals surface area contributed by atoms with Crippen LogP contribution in [0.2, 0.25) is 0 Å². The topological polar surface area (TPSA) is 0 Å². The molecule has 0 saturated carbocycles. The first-order valence-electron chi connectivity index (χ1n) is 16.1. The first kappa shape index (κ1) is 39.8. The van der Waals surface area contributed by atoms with Crippen LogP contribution in [-0.2, 0) is 41.5 Å². The molecule has 246 valence electrons. The van der Waals surface area contributed by atoms with Gasteiger partial charge in [-0.25, -0.2) is 0 Å². The number of hydrogen-bond acceptors (Lipinski definition) is 1. The van der Waals surface area contributed by atoms with E-state index >= 15 is 0 Å². The molecule has 0 bridgehead atoms. The maximum atomic E-state index is 3.53. The molecule has 0 radical (unpaired) electrons. The Morgan fingerprint density at radius 3 is 1.83 bits per heavy atom. The van der Waals surface area contributed by atoms with Crippen LogP contribution in [0.5, 0.6) is 0 Å². The summed E-state index contributed by atoms with van der Waals surface area (Å²) in [6.07, 6.45) is 8.71. The van der Waals surface area contributed by atoms with Crippen LogP contribution in [0.4, 0.5) is 0 Å². The predicted molar refractivity (Wildman–Crippen MR) is 196 cm³/mol. The summed E-state index contributed by atoms with van der Waals surface area (Å²) >= 11 is 3.19. The Balaban J connectivity index is 0.000000202. The van der Waals surface area contributed by atoms with Crippen molar-refractivity contribution in [1.29, 1.82) is 0 Å². The van der Waals surface area contributed by atoms with E-state index in [1.807, 2.05) is 0 Å². The van der Waals surface area contributed by atoms with Gasteiger partial charge in [-0.2, -0.15) is 58.4 Å². The third-order valence-electron chi connectivity index (χ3n) is 8.42. The molecule has 1 aromatic heterocycles. The van der Waals surface area contributed by atoms with Crippen molar-refractivity contribution in [3.8, 4) is 11.1 Å². The van der Waals surface area contributed by atoms with Crippen molar-refractivity contribution < 1.29 is 49.0 Å². The van der Waals surface area contributed by atoms with Crippen LogP contribution >= 0.6 is 11.3 Å². The molecular weight excluding hydrogens is 723 g/mol. The van der Waals surface area contributed by atoms with Gasteiger partial charge in [0, 0.05) is 0 Å². The van der Waals surface area contributed by atoms with Crippen LogP contribution in [0.3, 0.4) is 0 Å². The Bertz CT molecular complexity index is 1740. The van der Waals surface area contributed by atoms with Gasteiger partial charge in [0.2, 0.25) is 0 Å². The van der Waals surface area contributed by atoms with Crippen molar-refractivity contribution in [2.45, 2.75) is 65.7 Å². The minimum atomic E-state index is 0. The summed E-state index contributed by atoms with van der Waals surface area (Å²) in [6, 6.07) is 38.3. The van der Waals surface area contributed by atoms with Gasteiger partial charge in [-0.3, -0.25) is 0 Å². The zero-order chi connectivity index (χ0) is 32.9. The van der Waals surface area contributed by atoms with Gasteiger partial charge in [0.25, 0.3) is 0 Å². The zero-order valence-corrected chi connectivity index (χ0v) is 33.8. The second-order valence-electron chi connectivity index (χ2n) is 14.2. The zero-order valence-electron chi connectivity index (χ0n) is 29.0. The fourth-order valence-corrected chi connectivity index (χ4v) is 7.02. The standard InChI is InChI=1S/C21H25.C13H10.C10H9S.2ClH.Zr/c1-20(2,3)16-9-7-14-11-15-8-10-17(21(4,5)6)13-19(15)18(14)12-16;1-3-7-12(8-4-1)11-13-9-5-2-6-10-13;1-8-2-3-9(6-8)10-4-5-11-7-10;;;/h7,9-10,12-13H,11H2,1-6H3;1-10H;2-5,7-8H,1H3;2*1H;/q-1;;-1;;;+2/p-2. The summed E-state index contributed by atoms with van der Waals surface area (Å²) in [4.78, 5) is 0. The van der Waals surface area contributed by atoms with Crippen molar-refractivity contribution >= 4 is 20.1 Å². The molecule has 1 heterocycles. The fraction of sp³-hybridized carbons (Fsp3) is 0.250. The van der Waals surface area contributed by atoms with Gasteiger partial charge in [0.1, 0.15) is 0 Å². The Morgan fingerprint density at radius 2 is 1.33 bits per heavy atom. The number of thiophene rings is 1. The van der Waals surface area contributed by atoms with Crippen LogP contribution in [0.25, 0.3) is 16.7 Å². The van der Waals surface area contributed by atoms with Crippen LogP contribution in [0, 0.1) is 18.1 Å². The molecule has 0 amide bonds. The van der Waals surface area contributed by atoms with E-state index in [4.69, 9.17) is 0 Å². The third-order valence-corrected chi connectivity index (χ3v) is 10.5. The Labute approximate surface area is 320 Å². The van der Waals surface area contributed by atoms with E-state index in [9.17, 15) is 0 Å². The molecule has 1 unspecified atom stereocenters. The number of hydrogen-bond donors (Lipinski definition) is 0. The first-order chi connectivity index (χ1) is 21.9. The number of allylic oxidation sites excluding steroid dienone is 4. The molecule has 5 aromatic rings. The first-order valence-corrected chi connectivity index (χ1v) is 18.3. The summed E-state index contributed by atoms with van der Waals surface area (Å²) in [5.41, 5.74) is 14.0. The molecule has 0 N–H and O–H groups in total. The third kappa shape index (κ3) is 10.2. The summed E-state index contributed by atoms with van der Waals surface area (Å²) < 4.78 is 1.42. The van der Waals surface area contributed by atoms with Gasteiger partial charge in [0.15, 0.2) is 0 Å². The summed E-state index contributed by atoms with van der Waals surface area (Å²) in [5, 5.41) is 4.26. The van der Waals surface area contributed by atoms with Gasteiger partial charge in [-0.1, -0.05) is 101 Å². The average molecular weight is 767 g/mol. The van der Waals surface area contributed by atoms with E-state index < -0.39 is 0 Å². The van der Waals surface area contributed by atoms with Crippen molar-refractivity contribution in [3.63, 3.8) is 0 Å². The molecular formula is C44H44Cl2SZr-2. The molecule has 2 aliphatic carbocycles. The van der Waals surface area contributed by atoms with Crippen molar-refractivity contribution in [2.75, 3.05) is 0 Å². The molecule has 0 aliphatic heterocycles. The summed E-state index contributed by atoms with van der Waals surface area (Å²) in [6.45, 7) is 15.8. The molecule has 0 fully saturated rings. The number of benzene rings is 4. The van der Waals surface area contributed by atoms with E-state index in [1.165, 1.54) is 83.1 Å². The average Bonchev–Trinajstić information content (AvgIpc) is 3.81. The van der Waals surface area contributed by atoms with E-state index in [2.05, 4.69) is 181 Å². The molecule has 4 aromatic carbocycles. The molecule has 1 atom stereocenters.